The molecule has 0 N–H and O–H groups in total. The van der Waals surface area contributed by atoms with E-state index < -0.39 is 0 Å². The quantitative estimate of drug-likeness (QED) is 0.821. The number of rotatable bonds is 2. The molecule has 0 amide bonds. The molecule has 96 valence electrons. The molecule has 3 heterocycles. The number of anilines is 1. The zero-order valence-electron chi connectivity index (χ0n) is 10.6. The van der Waals surface area contributed by atoms with E-state index >= 15 is 0 Å². The van der Waals surface area contributed by atoms with Gasteiger partial charge in [-0.3, -0.25) is 4.68 Å². The average molecular weight is 253 g/mol. The number of piperidine rings is 1. The van der Waals surface area contributed by atoms with Crippen molar-refractivity contribution in [1.82, 2.24) is 14.8 Å². The maximum absolute atomic E-state index is 9.16. The van der Waals surface area contributed by atoms with Crippen LogP contribution in [0.15, 0.2) is 36.8 Å². The molecule has 5 nitrogen and oxygen atoms in total. The smallest absolute Gasteiger partial charge is 0.146 e. The molecule has 5 heteroatoms. The molecular weight excluding hydrogens is 238 g/mol. The SMILES string of the molecule is N#Cc1cccnc1N1CCCC(n2cccn2)C1. The number of nitrogens with zero attached hydrogens (tertiary/aromatic N) is 5. The molecular formula is C14H15N5. The summed E-state index contributed by atoms with van der Waals surface area (Å²) in [6.07, 6.45) is 7.75. The molecule has 0 radical (unpaired) electrons. The number of aromatic nitrogens is 3. The second-order valence-corrected chi connectivity index (χ2v) is 4.71. The van der Waals surface area contributed by atoms with Gasteiger partial charge in [-0.2, -0.15) is 10.4 Å². The summed E-state index contributed by atoms with van der Waals surface area (Å²) >= 11 is 0. The van der Waals surface area contributed by atoms with Crippen LogP contribution in [0.25, 0.3) is 0 Å². The molecule has 2 aromatic rings. The first kappa shape index (κ1) is 11.7. The number of nitriles is 1. The third-order valence-electron chi connectivity index (χ3n) is 3.50. The highest BCUT2D eigenvalue weighted by Gasteiger charge is 2.23. The molecule has 2 aromatic heterocycles. The first-order valence-corrected chi connectivity index (χ1v) is 6.47. The van der Waals surface area contributed by atoms with E-state index in [0.29, 0.717) is 11.6 Å². The van der Waals surface area contributed by atoms with E-state index in [2.05, 4.69) is 21.1 Å². The molecule has 0 spiro atoms. The van der Waals surface area contributed by atoms with Gasteiger partial charge in [0.2, 0.25) is 0 Å². The lowest BCUT2D eigenvalue weighted by molar-refractivity contribution is 0.375. The molecule has 3 rings (SSSR count). The Labute approximate surface area is 112 Å². The Kier molecular flexibility index (Phi) is 3.15. The van der Waals surface area contributed by atoms with Gasteiger partial charge in [-0.25, -0.2) is 4.98 Å². The molecule has 1 atom stereocenters. The van der Waals surface area contributed by atoms with Crippen LogP contribution in [0, 0.1) is 11.3 Å². The Bertz CT molecular complexity index is 584. The summed E-state index contributed by atoms with van der Waals surface area (Å²) in [4.78, 5) is 6.55. The van der Waals surface area contributed by atoms with Crippen molar-refractivity contribution < 1.29 is 0 Å². The van der Waals surface area contributed by atoms with Gasteiger partial charge < -0.3 is 4.90 Å². The van der Waals surface area contributed by atoms with Gasteiger partial charge in [-0.15, -0.1) is 0 Å². The molecule has 0 aromatic carbocycles. The average Bonchev–Trinajstić information content (AvgIpc) is 3.01. The van der Waals surface area contributed by atoms with E-state index in [9.17, 15) is 0 Å². The number of pyridine rings is 1. The fourth-order valence-electron chi connectivity index (χ4n) is 2.60. The summed E-state index contributed by atoms with van der Waals surface area (Å²) in [7, 11) is 0. The lowest BCUT2D eigenvalue weighted by Gasteiger charge is -2.34. The Hall–Kier alpha value is -2.35. The fraction of sp³-hybridized carbons (Fsp3) is 0.357. The molecule has 1 aliphatic rings. The summed E-state index contributed by atoms with van der Waals surface area (Å²) in [5.41, 5.74) is 0.642. The molecule has 1 aliphatic heterocycles. The number of hydrogen-bond donors (Lipinski definition) is 0. The van der Waals surface area contributed by atoms with Gasteiger partial charge in [0.05, 0.1) is 11.6 Å². The molecule has 0 saturated carbocycles. The highest BCUT2D eigenvalue weighted by molar-refractivity contribution is 5.53. The Morgan fingerprint density at radius 2 is 2.26 bits per heavy atom. The van der Waals surface area contributed by atoms with E-state index in [1.165, 1.54) is 0 Å². The van der Waals surface area contributed by atoms with Crippen LogP contribution < -0.4 is 4.90 Å². The standard InChI is InChI=1S/C14H15N5/c15-10-12-4-1-6-16-14(12)18-8-2-5-13(11-18)19-9-3-7-17-19/h1,3-4,6-7,9,13H,2,5,8,11H2. The van der Waals surface area contributed by atoms with Crippen molar-refractivity contribution in [3.05, 3.63) is 42.4 Å². The van der Waals surface area contributed by atoms with Crippen LogP contribution >= 0.6 is 0 Å². The molecule has 1 saturated heterocycles. The molecule has 0 bridgehead atoms. The lowest BCUT2D eigenvalue weighted by atomic mass is 10.1. The largest absolute Gasteiger partial charge is 0.353 e. The van der Waals surface area contributed by atoms with E-state index in [1.807, 2.05) is 23.0 Å². The van der Waals surface area contributed by atoms with Gasteiger partial charge >= 0.3 is 0 Å². The molecule has 1 unspecified atom stereocenters. The van der Waals surface area contributed by atoms with Gasteiger partial charge in [0.1, 0.15) is 11.9 Å². The van der Waals surface area contributed by atoms with Gasteiger partial charge in [-0.05, 0) is 31.0 Å². The summed E-state index contributed by atoms with van der Waals surface area (Å²) < 4.78 is 2.00. The maximum atomic E-state index is 9.16. The highest BCUT2D eigenvalue weighted by Crippen LogP contribution is 2.26. The zero-order chi connectivity index (χ0) is 13.1. The second kappa shape index (κ2) is 5.11. The molecule has 1 fully saturated rings. The summed E-state index contributed by atoms with van der Waals surface area (Å²) in [6, 6.07) is 8.14. The first-order chi connectivity index (χ1) is 9.38. The summed E-state index contributed by atoms with van der Waals surface area (Å²) in [5.74, 6) is 0.793. The number of hydrogen-bond acceptors (Lipinski definition) is 4. The van der Waals surface area contributed by atoms with Crippen molar-refractivity contribution in [3.8, 4) is 6.07 Å². The van der Waals surface area contributed by atoms with Crippen molar-refractivity contribution in [3.63, 3.8) is 0 Å². The minimum Gasteiger partial charge on any atom is -0.353 e. The zero-order valence-corrected chi connectivity index (χ0v) is 10.6. The van der Waals surface area contributed by atoms with Crippen molar-refractivity contribution in [1.29, 1.82) is 5.26 Å². The van der Waals surface area contributed by atoms with Gasteiger partial charge in [-0.1, -0.05) is 0 Å². The van der Waals surface area contributed by atoms with Crippen molar-refractivity contribution in [2.45, 2.75) is 18.9 Å². The van der Waals surface area contributed by atoms with Crippen LogP contribution in [0.3, 0.4) is 0 Å². The Balaban J connectivity index is 1.84. The topological polar surface area (TPSA) is 57.7 Å². The molecule has 19 heavy (non-hydrogen) atoms. The minimum absolute atomic E-state index is 0.359. The van der Waals surface area contributed by atoms with Crippen LogP contribution in [0.1, 0.15) is 24.4 Å². The second-order valence-electron chi connectivity index (χ2n) is 4.71. The predicted molar refractivity (Wildman–Crippen MR) is 71.7 cm³/mol. The van der Waals surface area contributed by atoms with Crippen LogP contribution in [0.4, 0.5) is 5.82 Å². The maximum Gasteiger partial charge on any atom is 0.146 e. The van der Waals surface area contributed by atoms with Crippen molar-refractivity contribution in [2.75, 3.05) is 18.0 Å². The van der Waals surface area contributed by atoms with Crippen LogP contribution in [0.5, 0.6) is 0 Å². The Morgan fingerprint density at radius 3 is 3.05 bits per heavy atom. The van der Waals surface area contributed by atoms with Crippen LogP contribution in [0.2, 0.25) is 0 Å². The Morgan fingerprint density at radius 1 is 1.32 bits per heavy atom. The van der Waals surface area contributed by atoms with Gasteiger partial charge in [0, 0.05) is 31.7 Å². The third kappa shape index (κ3) is 2.29. The monoisotopic (exact) mass is 253 g/mol. The van der Waals surface area contributed by atoms with E-state index in [4.69, 9.17) is 5.26 Å². The summed E-state index contributed by atoms with van der Waals surface area (Å²) in [5, 5.41) is 13.5. The highest BCUT2D eigenvalue weighted by atomic mass is 15.3. The third-order valence-corrected chi connectivity index (χ3v) is 3.50. The lowest BCUT2D eigenvalue weighted by Crippen LogP contribution is -2.37. The van der Waals surface area contributed by atoms with E-state index in [1.54, 1.807) is 18.5 Å². The van der Waals surface area contributed by atoms with Crippen LogP contribution in [-0.2, 0) is 0 Å². The fourth-order valence-corrected chi connectivity index (χ4v) is 2.60. The van der Waals surface area contributed by atoms with E-state index in [0.717, 1.165) is 31.7 Å². The van der Waals surface area contributed by atoms with Gasteiger partial charge in [0.25, 0.3) is 0 Å². The van der Waals surface area contributed by atoms with Crippen molar-refractivity contribution >= 4 is 5.82 Å². The molecule has 0 aliphatic carbocycles. The van der Waals surface area contributed by atoms with Crippen LogP contribution in [-0.4, -0.2) is 27.9 Å². The minimum atomic E-state index is 0.359. The first-order valence-electron chi connectivity index (χ1n) is 6.47. The van der Waals surface area contributed by atoms with E-state index in [-0.39, 0.29) is 0 Å². The normalized spacial score (nSPS) is 19.1. The predicted octanol–water partition coefficient (Wildman–Crippen LogP) is 1.99. The summed E-state index contributed by atoms with van der Waals surface area (Å²) in [6.45, 7) is 1.80. The van der Waals surface area contributed by atoms with Crippen molar-refractivity contribution in [2.24, 2.45) is 0 Å². The van der Waals surface area contributed by atoms with Gasteiger partial charge in [0.15, 0.2) is 0 Å².